The van der Waals surface area contributed by atoms with Crippen molar-refractivity contribution in [2.24, 2.45) is 5.41 Å². The summed E-state index contributed by atoms with van der Waals surface area (Å²) >= 11 is 1.03. The van der Waals surface area contributed by atoms with Gasteiger partial charge in [-0.1, -0.05) is 50.6 Å². The Morgan fingerprint density at radius 3 is 2.20 bits per heavy atom. The summed E-state index contributed by atoms with van der Waals surface area (Å²) in [5, 5.41) is 5.37. The average molecular weight is 638 g/mol. The number of amides is 2. The molecule has 0 saturated heterocycles. The van der Waals surface area contributed by atoms with Gasteiger partial charge in [0.1, 0.15) is 17.0 Å². The van der Waals surface area contributed by atoms with Gasteiger partial charge < -0.3 is 15.4 Å². The first-order valence-corrected chi connectivity index (χ1v) is 14.5. The van der Waals surface area contributed by atoms with E-state index in [1.807, 2.05) is 19.1 Å². The van der Waals surface area contributed by atoms with Gasteiger partial charge in [-0.15, -0.1) is 24.5 Å². The first kappa shape index (κ1) is 32.9. The fraction of sp³-hybridized carbons (Fsp3) is 0.212. The summed E-state index contributed by atoms with van der Waals surface area (Å²) < 4.78 is 42.8. The van der Waals surface area contributed by atoms with E-state index in [0.29, 0.717) is 16.8 Å². The number of Topliss-reactive ketones (excluding diaryl/α,β-unsaturated/α-hetero) is 1. The Bertz CT molecular complexity index is 1900. The second-order valence-electron chi connectivity index (χ2n) is 11.2. The molecule has 0 unspecified atom stereocenters. The first-order valence-electron chi connectivity index (χ1n) is 13.7. The SMILES string of the molecule is Cc1ccc(C(=O)Nc2cccc(/C=c3/s/c(=C\C(=O)C(C)(C)C)n(CC(=O)Nc4ccc(OC(F)(F)F)cc4)c3=O)c2)cc1. The van der Waals surface area contributed by atoms with Crippen LogP contribution in [0.25, 0.3) is 12.2 Å². The highest BCUT2D eigenvalue weighted by molar-refractivity contribution is 7.07. The number of ketones is 1. The quantitative estimate of drug-likeness (QED) is 0.275. The van der Waals surface area contributed by atoms with Gasteiger partial charge in [0.25, 0.3) is 11.5 Å². The highest BCUT2D eigenvalue weighted by Crippen LogP contribution is 2.24. The molecule has 2 N–H and O–H groups in total. The molecule has 3 aromatic carbocycles. The molecule has 0 aliphatic carbocycles. The molecule has 0 atom stereocenters. The Morgan fingerprint density at radius 1 is 0.911 bits per heavy atom. The van der Waals surface area contributed by atoms with E-state index >= 15 is 0 Å². The zero-order chi connectivity index (χ0) is 32.9. The van der Waals surface area contributed by atoms with E-state index < -0.39 is 35.5 Å². The van der Waals surface area contributed by atoms with Gasteiger partial charge >= 0.3 is 6.36 Å². The number of halogens is 3. The van der Waals surface area contributed by atoms with Crippen LogP contribution < -0.4 is 30.1 Å². The number of thiazole rings is 1. The third-order valence-electron chi connectivity index (χ3n) is 6.36. The van der Waals surface area contributed by atoms with Crippen LogP contribution >= 0.6 is 11.3 Å². The van der Waals surface area contributed by atoms with Crippen molar-refractivity contribution in [3.05, 3.63) is 109 Å². The summed E-state index contributed by atoms with van der Waals surface area (Å²) in [5.74, 6) is -1.64. The third kappa shape index (κ3) is 9.26. The van der Waals surface area contributed by atoms with Gasteiger partial charge in [0.15, 0.2) is 5.78 Å². The lowest BCUT2D eigenvalue weighted by atomic mass is 9.91. The maximum absolute atomic E-state index is 13.5. The van der Waals surface area contributed by atoms with Crippen molar-refractivity contribution in [2.75, 3.05) is 10.6 Å². The largest absolute Gasteiger partial charge is 0.573 e. The second-order valence-corrected chi connectivity index (χ2v) is 12.2. The smallest absolute Gasteiger partial charge is 0.406 e. The monoisotopic (exact) mass is 637 g/mol. The molecule has 1 aromatic heterocycles. The van der Waals surface area contributed by atoms with Gasteiger partial charge in [-0.25, -0.2) is 0 Å². The predicted molar refractivity (Wildman–Crippen MR) is 168 cm³/mol. The van der Waals surface area contributed by atoms with Gasteiger partial charge in [-0.3, -0.25) is 23.7 Å². The van der Waals surface area contributed by atoms with Crippen LogP contribution in [0.1, 0.15) is 42.3 Å². The molecule has 0 radical (unpaired) electrons. The van der Waals surface area contributed by atoms with Crippen molar-refractivity contribution in [2.45, 2.75) is 40.6 Å². The van der Waals surface area contributed by atoms with E-state index in [2.05, 4.69) is 15.4 Å². The van der Waals surface area contributed by atoms with Crippen LogP contribution in [-0.2, 0) is 16.1 Å². The minimum absolute atomic E-state index is 0.186. The molecule has 1 heterocycles. The molecule has 2 amide bonds. The summed E-state index contributed by atoms with van der Waals surface area (Å²) in [4.78, 5) is 51.9. The van der Waals surface area contributed by atoms with Gasteiger partial charge in [0.05, 0.1) is 4.53 Å². The van der Waals surface area contributed by atoms with Crippen LogP contribution in [0.15, 0.2) is 77.6 Å². The average Bonchev–Trinajstić information content (AvgIpc) is 3.22. The maximum atomic E-state index is 13.5. The molecule has 8 nitrogen and oxygen atoms in total. The van der Waals surface area contributed by atoms with Crippen LogP contribution in [0.5, 0.6) is 5.75 Å². The molecule has 0 aliphatic rings. The van der Waals surface area contributed by atoms with E-state index in [-0.39, 0.29) is 26.6 Å². The van der Waals surface area contributed by atoms with E-state index in [4.69, 9.17) is 0 Å². The van der Waals surface area contributed by atoms with Crippen molar-refractivity contribution in [1.29, 1.82) is 0 Å². The van der Waals surface area contributed by atoms with Gasteiger partial charge in [-0.05, 0) is 67.1 Å². The number of benzene rings is 3. The molecule has 4 rings (SSSR count). The molecule has 0 aliphatic heterocycles. The number of hydrogen-bond donors (Lipinski definition) is 2. The Labute approximate surface area is 260 Å². The van der Waals surface area contributed by atoms with Crippen LogP contribution in [0, 0.1) is 12.3 Å². The number of aryl methyl sites for hydroxylation is 1. The number of aromatic nitrogens is 1. The van der Waals surface area contributed by atoms with Crippen LogP contribution in [0.4, 0.5) is 24.5 Å². The standard InChI is InChI=1S/C33H30F3N3O5S/c1-20-8-10-22(11-9-20)30(42)38-24-7-5-6-21(16-24)17-26-31(43)39(29(45-26)18-27(40)32(2,3)4)19-28(41)37-23-12-14-25(15-13-23)44-33(34,35)36/h5-18H,19H2,1-4H3,(H,37,41)(H,38,42)/b26-17+,29-18-. The van der Waals surface area contributed by atoms with Crippen molar-refractivity contribution in [3.63, 3.8) is 0 Å². The van der Waals surface area contributed by atoms with Gasteiger partial charge in [-0.2, -0.15) is 0 Å². The van der Waals surface area contributed by atoms with Gasteiger partial charge in [0.2, 0.25) is 5.91 Å². The fourth-order valence-corrected chi connectivity index (χ4v) is 5.01. The zero-order valence-corrected chi connectivity index (χ0v) is 25.6. The van der Waals surface area contributed by atoms with Crippen molar-refractivity contribution < 1.29 is 32.3 Å². The van der Waals surface area contributed by atoms with Gasteiger partial charge in [0, 0.05) is 28.4 Å². The number of anilines is 2. The van der Waals surface area contributed by atoms with Crippen LogP contribution in [0.3, 0.4) is 0 Å². The molecule has 0 fully saturated rings. The first-order chi connectivity index (χ1) is 21.1. The molecule has 0 saturated carbocycles. The highest BCUT2D eigenvalue weighted by atomic mass is 32.1. The lowest BCUT2D eigenvalue weighted by Gasteiger charge is -2.13. The fourth-order valence-electron chi connectivity index (χ4n) is 3.97. The number of rotatable bonds is 8. The maximum Gasteiger partial charge on any atom is 0.573 e. The molecule has 0 spiro atoms. The summed E-state index contributed by atoms with van der Waals surface area (Å²) in [6.07, 6.45) is -1.94. The summed E-state index contributed by atoms with van der Waals surface area (Å²) in [6.45, 7) is 6.64. The number of nitrogens with one attached hydrogen (secondary N) is 2. The molecular weight excluding hydrogens is 607 g/mol. The van der Waals surface area contributed by atoms with Crippen molar-refractivity contribution in [3.8, 4) is 5.75 Å². The number of carbonyl (C=O) groups excluding carboxylic acids is 3. The van der Waals surface area contributed by atoms with E-state index in [9.17, 15) is 32.3 Å². The lowest BCUT2D eigenvalue weighted by Crippen LogP contribution is -2.36. The summed E-state index contributed by atoms with van der Waals surface area (Å²) in [7, 11) is 0. The molecule has 4 aromatic rings. The molecule has 45 heavy (non-hydrogen) atoms. The predicted octanol–water partition coefficient (Wildman–Crippen LogP) is 5.23. The minimum atomic E-state index is -4.85. The molecule has 0 bridgehead atoms. The van der Waals surface area contributed by atoms with E-state index in [1.54, 1.807) is 63.2 Å². The van der Waals surface area contributed by atoms with E-state index in [1.165, 1.54) is 22.8 Å². The minimum Gasteiger partial charge on any atom is -0.406 e. The molecule has 12 heteroatoms. The topological polar surface area (TPSA) is 106 Å². The second kappa shape index (κ2) is 13.3. The Balaban J connectivity index is 1.63. The van der Waals surface area contributed by atoms with Crippen molar-refractivity contribution in [1.82, 2.24) is 4.57 Å². The normalized spacial score (nSPS) is 12.6. The Kier molecular flexibility index (Phi) is 9.77. The number of alkyl halides is 3. The molecule has 234 valence electrons. The zero-order valence-electron chi connectivity index (χ0n) is 24.8. The third-order valence-corrected chi connectivity index (χ3v) is 7.42. The van der Waals surface area contributed by atoms with Crippen LogP contribution in [-0.4, -0.2) is 28.5 Å². The van der Waals surface area contributed by atoms with Crippen molar-refractivity contribution >= 4 is 52.5 Å². The number of hydrogen-bond acceptors (Lipinski definition) is 6. The summed E-state index contributed by atoms with van der Waals surface area (Å²) in [5.41, 5.74) is 1.53. The van der Waals surface area contributed by atoms with E-state index in [0.717, 1.165) is 29.0 Å². The number of nitrogens with zero attached hydrogens (tertiary/aromatic N) is 1. The Hall–Kier alpha value is -4.97. The molecular formula is C33H30F3N3O5S. The Morgan fingerprint density at radius 2 is 1.58 bits per heavy atom. The lowest BCUT2D eigenvalue weighted by molar-refractivity contribution is -0.274. The number of carbonyl (C=O) groups is 3. The van der Waals surface area contributed by atoms with Crippen LogP contribution in [0.2, 0.25) is 0 Å². The highest BCUT2D eigenvalue weighted by Gasteiger charge is 2.31. The summed E-state index contributed by atoms with van der Waals surface area (Å²) in [6, 6.07) is 18.5. The number of ether oxygens (including phenoxy) is 1.